The monoisotopic (exact) mass is 391 g/mol. The molecule has 0 saturated heterocycles. The van der Waals surface area contributed by atoms with E-state index in [4.69, 9.17) is 4.74 Å². The molecule has 1 aliphatic carbocycles. The number of amides is 1. The number of hydrogen-bond acceptors (Lipinski definition) is 3. The second-order valence-corrected chi connectivity index (χ2v) is 7.25. The number of carbonyl (C=O) groups is 1. The highest BCUT2D eigenvalue weighted by atomic mass is 79.9. The minimum Gasteiger partial charge on any atom is -0.490 e. The molecule has 0 spiro atoms. The van der Waals surface area contributed by atoms with Gasteiger partial charge in [-0.05, 0) is 59.7 Å². The van der Waals surface area contributed by atoms with Crippen molar-refractivity contribution in [1.82, 2.24) is 10.2 Å². The molecule has 0 radical (unpaired) electrons. The number of aromatic amines is 1. The van der Waals surface area contributed by atoms with Gasteiger partial charge in [-0.3, -0.25) is 9.89 Å². The summed E-state index contributed by atoms with van der Waals surface area (Å²) in [5, 5.41) is 9.93. The lowest BCUT2D eigenvalue weighted by Crippen LogP contribution is -2.14. The molecule has 1 fully saturated rings. The summed E-state index contributed by atoms with van der Waals surface area (Å²) in [6, 6.07) is 7.53. The highest BCUT2D eigenvalue weighted by Crippen LogP contribution is 2.28. The van der Waals surface area contributed by atoms with E-state index in [1.165, 1.54) is 12.8 Å². The van der Waals surface area contributed by atoms with Crippen LogP contribution in [0.1, 0.15) is 61.6 Å². The van der Waals surface area contributed by atoms with E-state index in [2.05, 4.69) is 31.4 Å². The number of H-pyrrole nitrogens is 1. The van der Waals surface area contributed by atoms with E-state index in [0.717, 1.165) is 24.3 Å². The first-order valence-electron chi connectivity index (χ1n) is 8.36. The number of carbonyl (C=O) groups excluding carboxylic acids is 1. The second kappa shape index (κ2) is 7.38. The second-order valence-electron chi connectivity index (χ2n) is 6.46. The van der Waals surface area contributed by atoms with E-state index in [0.29, 0.717) is 22.0 Å². The first-order valence-corrected chi connectivity index (χ1v) is 9.15. The zero-order chi connectivity index (χ0) is 17.1. The summed E-state index contributed by atoms with van der Waals surface area (Å²) in [5.74, 6) is 0.809. The van der Waals surface area contributed by atoms with Crippen LogP contribution in [-0.4, -0.2) is 22.2 Å². The Kier molecular flexibility index (Phi) is 5.23. The van der Waals surface area contributed by atoms with E-state index < -0.39 is 0 Å². The van der Waals surface area contributed by atoms with Crippen LogP contribution in [0, 0.1) is 0 Å². The predicted octanol–water partition coefficient (Wildman–Crippen LogP) is 4.87. The maximum atomic E-state index is 12.5. The molecule has 1 aromatic carbocycles. The third-order valence-electron chi connectivity index (χ3n) is 4.22. The van der Waals surface area contributed by atoms with Crippen molar-refractivity contribution in [3.8, 4) is 5.75 Å². The average Bonchev–Trinajstić information content (AvgIpc) is 3.17. The SMILES string of the molecule is CC(C)c1[nH]nc(C(=O)Nc2cccc(OC3CCCC3)c2)c1Br. The molecule has 3 rings (SSSR count). The Morgan fingerprint density at radius 1 is 1.38 bits per heavy atom. The highest BCUT2D eigenvalue weighted by molar-refractivity contribution is 9.10. The number of halogens is 1. The van der Waals surface area contributed by atoms with Gasteiger partial charge in [0.1, 0.15) is 5.75 Å². The number of benzene rings is 1. The van der Waals surface area contributed by atoms with Gasteiger partial charge >= 0.3 is 0 Å². The molecule has 1 heterocycles. The Labute approximate surface area is 150 Å². The maximum Gasteiger partial charge on any atom is 0.277 e. The molecule has 6 heteroatoms. The summed E-state index contributed by atoms with van der Waals surface area (Å²) < 4.78 is 6.70. The number of hydrogen-bond donors (Lipinski definition) is 2. The van der Waals surface area contributed by atoms with Crippen molar-refractivity contribution < 1.29 is 9.53 Å². The highest BCUT2D eigenvalue weighted by Gasteiger charge is 2.20. The minimum atomic E-state index is -0.247. The van der Waals surface area contributed by atoms with Gasteiger partial charge in [-0.2, -0.15) is 5.10 Å². The lowest BCUT2D eigenvalue weighted by atomic mass is 10.1. The van der Waals surface area contributed by atoms with Crippen LogP contribution in [0.15, 0.2) is 28.7 Å². The summed E-state index contributed by atoms with van der Waals surface area (Å²) in [6.45, 7) is 4.09. The van der Waals surface area contributed by atoms with Gasteiger partial charge in [-0.25, -0.2) is 0 Å². The van der Waals surface area contributed by atoms with Crippen LogP contribution in [0.5, 0.6) is 5.75 Å². The number of nitrogens with one attached hydrogen (secondary N) is 2. The predicted molar refractivity (Wildman–Crippen MR) is 97.7 cm³/mol. The van der Waals surface area contributed by atoms with Crippen molar-refractivity contribution in [2.75, 3.05) is 5.32 Å². The molecule has 1 saturated carbocycles. The fourth-order valence-corrected chi connectivity index (χ4v) is 3.73. The molecule has 1 aliphatic rings. The Hall–Kier alpha value is -1.82. The Bertz CT molecular complexity index is 721. The average molecular weight is 392 g/mol. The smallest absolute Gasteiger partial charge is 0.277 e. The molecule has 2 N–H and O–H groups in total. The first-order chi connectivity index (χ1) is 11.5. The van der Waals surface area contributed by atoms with Crippen molar-refractivity contribution in [2.24, 2.45) is 0 Å². The molecule has 5 nitrogen and oxygen atoms in total. The quantitative estimate of drug-likeness (QED) is 0.763. The molecule has 0 aliphatic heterocycles. The van der Waals surface area contributed by atoms with E-state index in [9.17, 15) is 4.79 Å². The van der Waals surface area contributed by atoms with Crippen molar-refractivity contribution in [2.45, 2.75) is 51.6 Å². The fourth-order valence-electron chi connectivity index (χ4n) is 2.91. The van der Waals surface area contributed by atoms with Gasteiger partial charge in [0.25, 0.3) is 5.91 Å². The number of ether oxygens (including phenoxy) is 1. The summed E-state index contributed by atoms with van der Waals surface area (Å²) >= 11 is 3.46. The maximum absolute atomic E-state index is 12.5. The first kappa shape index (κ1) is 17.0. The van der Waals surface area contributed by atoms with Crippen molar-refractivity contribution >= 4 is 27.5 Å². The van der Waals surface area contributed by atoms with Crippen molar-refractivity contribution in [3.05, 3.63) is 40.1 Å². The summed E-state index contributed by atoms with van der Waals surface area (Å²) in [7, 11) is 0. The standard InChI is InChI=1S/C18H22BrN3O2/c1-11(2)16-15(19)17(22-21-16)18(23)20-12-6-5-9-14(10-12)24-13-7-3-4-8-13/h5-6,9-11,13H,3-4,7-8H2,1-2H3,(H,20,23)(H,21,22). The van der Waals surface area contributed by atoms with Crippen LogP contribution in [0.25, 0.3) is 0 Å². The van der Waals surface area contributed by atoms with Crippen LogP contribution >= 0.6 is 15.9 Å². The molecule has 2 aromatic rings. The van der Waals surface area contributed by atoms with Crippen LogP contribution in [0.4, 0.5) is 5.69 Å². The summed E-state index contributed by atoms with van der Waals surface area (Å²) in [4.78, 5) is 12.5. The molecular formula is C18H22BrN3O2. The molecular weight excluding hydrogens is 370 g/mol. The number of rotatable bonds is 5. The lowest BCUT2D eigenvalue weighted by molar-refractivity contribution is 0.102. The Morgan fingerprint density at radius 3 is 2.79 bits per heavy atom. The Morgan fingerprint density at radius 2 is 2.12 bits per heavy atom. The molecule has 1 amide bonds. The van der Waals surface area contributed by atoms with E-state index in [1.54, 1.807) is 0 Å². The van der Waals surface area contributed by atoms with E-state index in [1.807, 2.05) is 38.1 Å². The van der Waals surface area contributed by atoms with Gasteiger partial charge in [-0.15, -0.1) is 0 Å². The lowest BCUT2D eigenvalue weighted by Gasteiger charge is -2.14. The van der Waals surface area contributed by atoms with Crippen molar-refractivity contribution in [1.29, 1.82) is 0 Å². The van der Waals surface area contributed by atoms with Crippen LogP contribution in [0.2, 0.25) is 0 Å². The van der Waals surface area contributed by atoms with Gasteiger partial charge in [0, 0.05) is 11.8 Å². The summed E-state index contributed by atoms with van der Waals surface area (Å²) in [6.07, 6.45) is 4.97. The molecule has 24 heavy (non-hydrogen) atoms. The fraction of sp³-hybridized carbons (Fsp3) is 0.444. The molecule has 1 aromatic heterocycles. The van der Waals surface area contributed by atoms with Gasteiger partial charge in [0.2, 0.25) is 0 Å². The molecule has 0 bridgehead atoms. The third kappa shape index (κ3) is 3.80. The summed E-state index contributed by atoms with van der Waals surface area (Å²) in [5.41, 5.74) is 1.98. The van der Waals surface area contributed by atoms with Gasteiger partial charge < -0.3 is 10.1 Å². The van der Waals surface area contributed by atoms with Crippen LogP contribution in [0.3, 0.4) is 0 Å². The number of aromatic nitrogens is 2. The van der Waals surface area contributed by atoms with E-state index >= 15 is 0 Å². The molecule has 128 valence electrons. The number of anilines is 1. The Balaban J connectivity index is 1.70. The van der Waals surface area contributed by atoms with Gasteiger partial charge in [0.05, 0.1) is 16.3 Å². The number of nitrogens with zero attached hydrogens (tertiary/aromatic N) is 1. The van der Waals surface area contributed by atoms with Crippen LogP contribution < -0.4 is 10.1 Å². The van der Waals surface area contributed by atoms with Gasteiger partial charge in [0.15, 0.2) is 5.69 Å². The zero-order valence-corrected chi connectivity index (χ0v) is 15.5. The molecule has 0 unspecified atom stereocenters. The van der Waals surface area contributed by atoms with Gasteiger partial charge in [-0.1, -0.05) is 19.9 Å². The normalized spacial score (nSPS) is 15.0. The largest absolute Gasteiger partial charge is 0.490 e. The van der Waals surface area contributed by atoms with Crippen molar-refractivity contribution in [3.63, 3.8) is 0 Å². The molecule has 0 atom stereocenters. The third-order valence-corrected chi connectivity index (χ3v) is 5.02. The van der Waals surface area contributed by atoms with E-state index in [-0.39, 0.29) is 11.8 Å². The minimum absolute atomic E-state index is 0.247. The zero-order valence-electron chi connectivity index (χ0n) is 13.9. The van der Waals surface area contributed by atoms with Crippen LogP contribution in [-0.2, 0) is 0 Å². The topological polar surface area (TPSA) is 67.0 Å².